The molecular formula is C24H18BrCl2N3O5. The molecule has 0 spiro atoms. The number of carbonyl (C=O) groups is 3. The Balaban J connectivity index is 1.66. The highest BCUT2D eigenvalue weighted by Crippen LogP contribution is 2.25. The van der Waals surface area contributed by atoms with E-state index in [4.69, 9.17) is 32.7 Å². The second-order valence-corrected chi connectivity index (χ2v) is 8.57. The molecule has 0 heterocycles. The van der Waals surface area contributed by atoms with E-state index < -0.39 is 17.8 Å². The molecule has 0 unspecified atom stereocenters. The van der Waals surface area contributed by atoms with Crippen molar-refractivity contribution in [3.05, 3.63) is 86.3 Å². The highest BCUT2D eigenvalue weighted by molar-refractivity contribution is 9.10. The number of rotatable bonds is 7. The van der Waals surface area contributed by atoms with Crippen LogP contribution in [0.25, 0.3) is 0 Å². The van der Waals surface area contributed by atoms with Gasteiger partial charge in [0, 0.05) is 15.1 Å². The summed E-state index contributed by atoms with van der Waals surface area (Å²) in [6, 6.07) is 15.8. The van der Waals surface area contributed by atoms with Crippen molar-refractivity contribution in [1.82, 2.24) is 5.43 Å². The van der Waals surface area contributed by atoms with Gasteiger partial charge in [-0.3, -0.25) is 9.59 Å². The van der Waals surface area contributed by atoms with Crippen LogP contribution >= 0.6 is 39.1 Å². The summed E-state index contributed by atoms with van der Waals surface area (Å²) in [5.74, 6) is -1.80. The zero-order valence-corrected chi connectivity index (χ0v) is 21.3. The van der Waals surface area contributed by atoms with Gasteiger partial charge in [-0.1, -0.05) is 39.1 Å². The first-order valence-corrected chi connectivity index (χ1v) is 11.7. The molecule has 3 rings (SSSR count). The first-order valence-electron chi connectivity index (χ1n) is 10.1. The Morgan fingerprint density at radius 2 is 1.74 bits per heavy atom. The van der Waals surface area contributed by atoms with Gasteiger partial charge in [0.25, 0.3) is 0 Å². The molecule has 8 nitrogen and oxygen atoms in total. The van der Waals surface area contributed by atoms with E-state index in [1.165, 1.54) is 18.3 Å². The minimum atomic E-state index is -1.04. The van der Waals surface area contributed by atoms with Crippen LogP contribution in [0.3, 0.4) is 0 Å². The van der Waals surface area contributed by atoms with E-state index in [1.54, 1.807) is 48.5 Å². The SMILES string of the molecule is CCOc1ccc(C(=O)Oc2ccc(Br)cc2/C=N\NC(=O)C(=O)Nc2cc(Cl)ccc2Cl)cc1. The van der Waals surface area contributed by atoms with E-state index >= 15 is 0 Å². The molecule has 35 heavy (non-hydrogen) atoms. The predicted octanol–water partition coefficient (Wildman–Crippen LogP) is 5.46. The molecule has 0 saturated heterocycles. The van der Waals surface area contributed by atoms with E-state index in [2.05, 4.69) is 31.8 Å². The van der Waals surface area contributed by atoms with E-state index in [-0.39, 0.29) is 16.5 Å². The Hall–Kier alpha value is -3.40. The lowest BCUT2D eigenvalue weighted by atomic mass is 10.2. The van der Waals surface area contributed by atoms with Crippen molar-refractivity contribution < 1.29 is 23.9 Å². The maximum absolute atomic E-state index is 12.6. The summed E-state index contributed by atoms with van der Waals surface area (Å²) in [5.41, 5.74) is 2.98. The fourth-order valence-corrected chi connectivity index (χ4v) is 3.43. The van der Waals surface area contributed by atoms with Gasteiger partial charge in [-0.2, -0.15) is 5.10 Å². The van der Waals surface area contributed by atoms with E-state index in [0.717, 1.165) is 0 Å². The van der Waals surface area contributed by atoms with Gasteiger partial charge in [0.1, 0.15) is 11.5 Å². The molecule has 3 aromatic rings. The average molecular weight is 579 g/mol. The van der Waals surface area contributed by atoms with Crippen molar-refractivity contribution in [3.63, 3.8) is 0 Å². The van der Waals surface area contributed by atoms with Crippen LogP contribution in [0.4, 0.5) is 5.69 Å². The molecule has 0 aliphatic carbocycles. The van der Waals surface area contributed by atoms with Gasteiger partial charge < -0.3 is 14.8 Å². The van der Waals surface area contributed by atoms with Gasteiger partial charge in [0.15, 0.2) is 0 Å². The second-order valence-electron chi connectivity index (χ2n) is 6.81. The lowest BCUT2D eigenvalue weighted by Gasteiger charge is -2.09. The van der Waals surface area contributed by atoms with Crippen LogP contribution in [0.15, 0.2) is 70.2 Å². The smallest absolute Gasteiger partial charge is 0.343 e. The van der Waals surface area contributed by atoms with Gasteiger partial charge >= 0.3 is 17.8 Å². The van der Waals surface area contributed by atoms with Crippen molar-refractivity contribution in [2.75, 3.05) is 11.9 Å². The predicted molar refractivity (Wildman–Crippen MR) is 138 cm³/mol. The molecule has 0 aromatic heterocycles. The maximum Gasteiger partial charge on any atom is 0.343 e. The maximum atomic E-state index is 12.6. The van der Waals surface area contributed by atoms with Crippen molar-refractivity contribution in [2.45, 2.75) is 6.92 Å². The van der Waals surface area contributed by atoms with Crippen LogP contribution in [0.5, 0.6) is 11.5 Å². The van der Waals surface area contributed by atoms with Gasteiger partial charge in [-0.15, -0.1) is 0 Å². The minimum Gasteiger partial charge on any atom is -0.494 e. The lowest BCUT2D eigenvalue weighted by molar-refractivity contribution is -0.136. The van der Waals surface area contributed by atoms with E-state index in [0.29, 0.717) is 33.0 Å². The Labute approximate surface area is 219 Å². The summed E-state index contributed by atoms with van der Waals surface area (Å²) < 4.78 is 11.5. The molecule has 180 valence electrons. The first kappa shape index (κ1) is 26.2. The summed E-state index contributed by atoms with van der Waals surface area (Å²) in [6.07, 6.45) is 1.24. The first-order chi connectivity index (χ1) is 16.8. The van der Waals surface area contributed by atoms with Crippen LogP contribution in [-0.2, 0) is 9.59 Å². The minimum absolute atomic E-state index is 0.179. The highest BCUT2D eigenvalue weighted by atomic mass is 79.9. The molecule has 0 aliphatic heterocycles. The number of esters is 1. The fraction of sp³-hybridized carbons (Fsp3) is 0.0833. The molecule has 11 heteroatoms. The Bertz CT molecular complexity index is 1280. The molecule has 0 bridgehead atoms. The van der Waals surface area contributed by atoms with Crippen molar-refractivity contribution in [1.29, 1.82) is 0 Å². The van der Waals surface area contributed by atoms with Crippen LogP contribution < -0.4 is 20.2 Å². The quantitative estimate of drug-likeness (QED) is 0.127. The van der Waals surface area contributed by atoms with Crippen LogP contribution in [0, 0.1) is 0 Å². The number of amides is 2. The number of hydrazone groups is 1. The normalized spacial score (nSPS) is 10.6. The number of halogens is 3. The number of ether oxygens (including phenoxy) is 2. The monoisotopic (exact) mass is 577 g/mol. The second kappa shape index (κ2) is 12.3. The van der Waals surface area contributed by atoms with E-state index in [1.807, 2.05) is 6.92 Å². The molecule has 0 radical (unpaired) electrons. The molecular weight excluding hydrogens is 561 g/mol. The molecule has 0 aliphatic rings. The Morgan fingerprint density at radius 1 is 1.00 bits per heavy atom. The zero-order chi connectivity index (χ0) is 25.4. The molecule has 0 atom stereocenters. The van der Waals surface area contributed by atoms with E-state index in [9.17, 15) is 14.4 Å². The molecule has 2 N–H and O–H groups in total. The van der Waals surface area contributed by atoms with Crippen molar-refractivity contribution in [3.8, 4) is 11.5 Å². The lowest BCUT2D eigenvalue weighted by Crippen LogP contribution is -2.32. The number of benzene rings is 3. The van der Waals surface area contributed by atoms with Gasteiger partial charge in [-0.25, -0.2) is 10.2 Å². The Kier molecular flexibility index (Phi) is 9.25. The van der Waals surface area contributed by atoms with Gasteiger partial charge in [-0.05, 0) is 67.6 Å². The third-order valence-electron chi connectivity index (χ3n) is 4.33. The molecule has 3 aromatic carbocycles. The third-order valence-corrected chi connectivity index (χ3v) is 5.39. The molecule has 0 saturated carbocycles. The standard InChI is InChI=1S/C24H18BrCl2N3O5/c1-2-34-18-7-3-14(4-8-18)24(33)35-21-10-5-16(25)11-15(21)13-28-30-23(32)22(31)29-20-12-17(26)6-9-19(20)27/h3-13H,2H2,1H3,(H,29,31)(H,30,32)/b28-13-. The number of hydrogen-bond donors (Lipinski definition) is 2. The topological polar surface area (TPSA) is 106 Å². The zero-order valence-electron chi connectivity index (χ0n) is 18.2. The summed E-state index contributed by atoms with van der Waals surface area (Å²) in [7, 11) is 0. The van der Waals surface area contributed by atoms with Crippen LogP contribution in [-0.4, -0.2) is 30.6 Å². The highest BCUT2D eigenvalue weighted by Gasteiger charge is 2.16. The summed E-state index contributed by atoms with van der Waals surface area (Å²) in [4.78, 5) is 36.8. The van der Waals surface area contributed by atoms with Crippen LogP contribution in [0.2, 0.25) is 10.0 Å². The summed E-state index contributed by atoms with van der Waals surface area (Å²) in [5, 5.41) is 6.69. The molecule has 0 fully saturated rings. The average Bonchev–Trinajstić information content (AvgIpc) is 2.83. The van der Waals surface area contributed by atoms with Crippen molar-refractivity contribution >= 4 is 68.8 Å². The van der Waals surface area contributed by atoms with Crippen molar-refractivity contribution in [2.24, 2.45) is 5.10 Å². The number of nitrogens with one attached hydrogen (secondary N) is 2. The largest absolute Gasteiger partial charge is 0.494 e. The number of carbonyl (C=O) groups excluding carboxylic acids is 3. The van der Waals surface area contributed by atoms with Gasteiger partial charge in [0.2, 0.25) is 0 Å². The number of hydrogen-bond acceptors (Lipinski definition) is 6. The summed E-state index contributed by atoms with van der Waals surface area (Å²) >= 11 is 15.2. The third kappa shape index (κ3) is 7.54. The number of nitrogens with zero attached hydrogens (tertiary/aromatic N) is 1. The summed E-state index contributed by atoms with van der Waals surface area (Å²) in [6.45, 7) is 2.38. The molecule has 2 amide bonds. The Morgan fingerprint density at radius 3 is 2.46 bits per heavy atom. The van der Waals surface area contributed by atoms with Gasteiger partial charge in [0.05, 0.1) is 29.1 Å². The van der Waals surface area contributed by atoms with Crippen LogP contribution in [0.1, 0.15) is 22.8 Å². The number of anilines is 1. The fourth-order valence-electron chi connectivity index (χ4n) is 2.71.